The molecule has 0 aromatic heterocycles. The van der Waals surface area contributed by atoms with E-state index < -0.39 is 5.39 Å². The lowest BCUT2D eigenvalue weighted by atomic mass is 10.3. The number of quaternary nitrogens is 1. The van der Waals surface area contributed by atoms with Crippen molar-refractivity contribution in [2.45, 2.75) is 0 Å². The lowest BCUT2D eigenvalue weighted by Gasteiger charge is -2.14. The second kappa shape index (κ2) is 3.92. The van der Waals surface area contributed by atoms with Crippen LogP contribution in [0.5, 0.6) is 5.75 Å². The molecule has 0 bridgehead atoms. The van der Waals surface area contributed by atoms with Gasteiger partial charge in [-0.1, -0.05) is 18.2 Å². The zero-order valence-corrected chi connectivity index (χ0v) is 6.11. The summed E-state index contributed by atoms with van der Waals surface area (Å²) in [5, 5.41) is 9.84. The molecule has 1 N–H and O–H groups in total. The van der Waals surface area contributed by atoms with Crippen LogP contribution >= 0.6 is 0 Å². The zero-order valence-electron chi connectivity index (χ0n) is 6.11. The van der Waals surface area contributed by atoms with Crippen molar-refractivity contribution in [2.75, 3.05) is 7.11 Å². The fourth-order valence-electron chi connectivity index (χ4n) is 0.626. The minimum absolute atomic E-state index is 0.486. The smallest absolute Gasteiger partial charge is 0.195 e. The highest BCUT2D eigenvalue weighted by Crippen LogP contribution is 2.04. The first-order chi connectivity index (χ1) is 5.33. The Morgan fingerprint density at radius 2 is 1.91 bits per heavy atom. The molecular weight excluding hydrogens is 146 g/mol. The van der Waals surface area contributed by atoms with Crippen molar-refractivity contribution in [3.8, 4) is 5.75 Å². The van der Waals surface area contributed by atoms with E-state index in [1.54, 1.807) is 24.3 Å². The molecular formula is C7H9NO3. The maximum absolute atomic E-state index is 10.5. The molecule has 0 aliphatic heterocycles. The summed E-state index contributed by atoms with van der Waals surface area (Å²) >= 11 is 0. The molecule has 0 spiro atoms. The number of para-hydroxylation sites is 1. The van der Waals surface area contributed by atoms with Gasteiger partial charge >= 0.3 is 0 Å². The Kier molecular flexibility index (Phi) is 2.85. The van der Waals surface area contributed by atoms with Crippen molar-refractivity contribution in [1.82, 2.24) is 0 Å². The maximum atomic E-state index is 10.5. The molecule has 60 valence electrons. The van der Waals surface area contributed by atoms with Gasteiger partial charge in [-0.05, 0) is 17.5 Å². The molecule has 0 heterocycles. The summed E-state index contributed by atoms with van der Waals surface area (Å²) in [7, 11) is 1.27. The second-order valence-corrected chi connectivity index (χ2v) is 1.87. The van der Waals surface area contributed by atoms with Gasteiger partial charge < -0.3 is 5.21 Å². The van der Waals surface area contributed by atoms with Crippen molar-refractivity contribution in [3.63, 3.8) is 0 Å². The average molecular weight is 155 g/mol. The lowest BCUT2D eigenvalue weighted by Crippen LogP contribution is -3.07. The van der Waals surface area contributed by atoms with Crippen LogP contribution in [0.15, 0.2) is 30.3 Å². The molecule has 0 aliphatic carbocycles. The highest BCUT2D eigenvalue weighted by atomic mass is 17.1. The fourth-order valence-corrected chi connectivity index (χ4v) is 0.626. The molecule has 11 heavy (non-hydrogen) atoms. The number of hydrogen-bond acceptors (Lipinski definition) is 3. The van der Waals surface area contributed by atoms with Crippen LogP contribution in [0.2, 0.25) is 0 Å². The summed E-state index contributed by atoms with van der Waals surface area (Å²) < 4.78 is 0. The molecule has 1 aromatic rings. The molecule has 0 saturated carbocycles. The minimum Gasteiger partial charge on any atom is -0.556 e. The van der Waals surface area contributed by atoms with Crippen LogP contribution in [0, 0.1) is 5.21 Å². The fraction of sp³-hybridized carbons (Fsp3) is 0.143. The van der Waals surface area contributed by atoms with E-state index in [0.29, 0.717) is 5.75 Å². The summed E-state index contributed by atoms with van der Waals surface area (Å²) in [5.74, 6) is 0.486. The van der Waals surface area contributed by atoms with E-state index in [-0.39, 0.29) is 0 Å². The predicted molar refractivity (Wildman–Crippen MR) is 38.4 cm³/mol. The van der Waals surface area contributed by atoms with Gasteiger partial charge in [0.15, 0.2) is 5.75 Å². The highest BCUT2D eigenvalue weighted by molar-refractivity contribution is 5.19. The average Bonchev–Trinajstić information content (AvgIpc) is 2.06. The molecule has 0 amide bonds. The van der Waals surface area contributed by atoms with Gasteiger partial charge in [0.05, 0.1) is 0 Å². The van der Waals surface area contributed by atoms with E-state index in [1.807, 2.05) is 6.07 Å². The first-order valence-electron chi connectivity index (χ1n) is 3.14. The van der Waals surface area contributed by atoms with Gasteiger partial charge in [-0.15, -0.1) is 0 Å². The van der Waals surface area contributed by atoms with Crippen molar-refractivity contribution < 1.29 is 15.1 Å². The number of rotatable bonds is 3. The SMILES string of the molecule is CO[NH+]([O-])Oc1ccccc1. The van der Waals surface area contributed by atoms with Gasteiger partial charge in [0.2, 0.25) is 0 Å². The molecule has 4 heteroatoms. The quantitative estimate of drug-likeness (QED) is 0.621. The van der Waals surface area contributed by atoms with E-state index in [1.165, 1.54) is 7.11 Å². The third-order valence-corrected chi connectivity index (χ3v) is 1.11. The third-order valence-electron chi connectivity index (χ3n) is 1.11. The molecule has 1 aromatic carbocycles. The van der Waals surface area contributed by atoms with Crippen LogP contribution in [-0.4, -0.2) is 7.11 Å². The zero-order chi connectivity index (χ0) is 8.10. The van der Waals surface area contributed by atoms with Gasteiger partial charge in [-0.25, -0.2) is 0 Å². The van der Waals surface area contributed by atoms with E-state index in [4.69, 9.17) is 4.84 Å². The van der Waals surface area contributed by atoms with Crippen molar-refractivity contribution >= 4 is 0 Å². The lowest BCUT2D eigenvalue weighted by molar-refractivity contribution is -1.18. The van der Waals surface area contributed by atoms with Crippen LogP contribution in [0.3, 0.4) is 0 Å². The molecule has 1 rings (SSSR count). The van der Waals surface area contributed by atoms with Gasteiger partial charge in [-0.2, -0.15) is 4.84 Å². The van der Waals surface area contributed by atoms with Gasteiger partial charge in [0.1, 0.15) is 7.11 Å². The largest absolute Gasteiger partial charge is 0.556 e. The predicted octanol–water partition coefficient (Wildman–Crippen LogP) is -0.0755. The Hall–Kier alpha value is -1.10. The van der Waals surface area contributed by atoms with Gasteiger partial charge in [0.25, 0.3) is 0 Å². The van der Waals surface area contributed by atoms with Gasteiger partial charge in [-0.3, -0.25) is 4.84 Å². The highest BCUT2D eigenvalue weighted by Gasteiger charge is 1.96. The van der Waals surface area contributed by atoms with E-state index in [2.05, 4.69) is 4.84 Å². The number of benzene rings is 1. The molecule has 0 radical (unpaired) electrons. The standard InChI is InChI=1S/C7H9NO3/c1-10-8(9)11-7-5-3-2-4-6-7/h2-6,8H,1H3. The van der Waals surface area contributed by atoms with Crippen LogP contribution in [0.25, 0.3) is 0 Å². The third kappa shape index (κ3) is 2.55. The normalized spacial score (nSPS) is 12.5. The van der Waals surface area contributed by atoms with E-state index in [9.17, 15) is 5.21 Å². The van der Waals surface area contributed by atoms with Crippen molar-refractivity contribution in [3.05, 3.63) is 35.5 Å². The minimum atomic E-state index is -0.698. The Morgan fingerprint density at radius 3 is 2.45 bits per heavy atom. The van der Waals surface area contributed by atoms with Crippen LogP contribution in [-0.2, 0) is 4.84 Å². The van der Waals surface area contributed by atoms with Gasteiger partial charge in [0, 0.05) is 0 Å². The van der Waals surface area contributed by atoms with Crippen LogP contribution in [0.4, 0.5) is 0 Å². The molecule has 0 saturated heterocycles. The first kappa shape index (κ1) is 8.00. The van der Waals surface area contributed by atoms with E-state index >= 15 is 0 Å². The topological polar surface area (TPSA) is 46.0 Å². The first-order valence-corrected chi connectivity index (χ1v) is 3.14. The summed E-state index contributed by atoms with van der Waals surface area (Å²) in [6.45, 7) is 0. The number of hydrogen-bond donors (Lipinski definition) is 1. The monoisotopic (exact) mass is 155 g/mol. The summed E-state index contributed by atoms with van der Waals surface area (Å²) in [5.41, 5.74) is 0. The molecule has 1 unspecified atom stereocenters. The maximum Gasteiger partial charge on any atom is 0.195 e. The number of nitrogens with one attached hydrogen (secondary N) is 1. The summed E-state index contributed by atoms with van der Waals surface area (Å²) in [4.78, 5) is 9.00. The van der Waals surface area contributed by atoms with Crippen LogP contribution in [0.1, 0.15) is 0 Å². The van der Waals surface area contributed by atoms with Crippen LogP contribution < -0.4 is 10.2 Å². The molecule has 0 aliphatic rings. The Labute approximate surface area is 64.4 Å². The Bertz CT molecular complexity index is 202. The van der Waals surface area contributed by atoms with Crippen molar-refractivity contribution in [2.24, 2.45) is 0 Å². The molecule has 0 fully saturated rings. The van der Waals surface area contributed by atoms with Crippen molar-refractivity contribution in [1.29, 1.82) is 0 Å². The second-order valence-electron chi connectivity index (χ2n) is 1.87. The Morgan fingerprint density at radius 1 is 1.27 bits per heavy atom. The Balaban J connectivity index is 2.51. The van der Waals surface area contributed by atoms with E-state index in [0.717, 1.165) is 0 Å². The molecule has 1 atom stereocenters. The summed E-state index contributed by atoms with van der Waals surface area (Å²) in [6.07, 6.45) is 0. The summed E-state index contributed by atoms with van der Waals surface area (Å²) in [6, 6.07) is 8.74. The molecule has 4 nitrogen and oxygen atoms in total.